The van der Waals surface area contributed by atoms with Crippen LogP contribution in [-0.2, 0) is 4.79 Å². The van der Waals surface area contributed by atoms with E-state index >= 15 is 0 Å². The molecule has 0 amide bonds. The first-order valence-corrected chi connectivity index (χ1v) is 3.11. The van der Waals surface area contributed by atoms with E-state index in [2.05, 4.69) is 24.4 Å². The number of hydrogen-bond donors (Lipinski definition) is 1. The van der Waals surface area contributed by atoms with Crippen molar-refractivity contribution in [2.75, 3.05) is 0 Å². The van der Waals surface area contributed by atoms with Crippen molar-refractivity contribution in [1.82, 2.24) is 0 Å². The molecule has 0 radical (unpaired) electrons. The Morgan fingerprint density at radius 3 is 2.11 bits per heavy atom. The van der Waals surface area contributed by atoms with Crippen molar-refractivity contribution in [3.63, 3.8) is 0 Å². The molecule has 0 saturated heterocycles. The molecule has 0 aromatic heterocycles. The number of carboxylic acids is 1. The molecule has 0 aliphatic carbocycles. The molecule has 0 aliphatic rings. The van der Waals surface area contributed by atoms with Gasteiger partial charge < -0.3 is 5.11 Å². The molecule has 0 heterocycles. The standard InChI is InChI=1S/C5H6O2S2/c1-3(8)2-4(9)5(6)7/h2H2,1H3,(H,6,7). The summed E-state index contributed by atoms with van der Waals surface area (Å²) in [7, 11) is 0. The lowest BCUT2D eigenvalue weighted by Crippen LogP contribution is -2.12. The molecule has 0 fully saturated rings. The van der Waals surface area contributed by atoms with Crippen LogP contribution in [0, 0.1) is 0 Å². The highest BCUT2D eigenvalue weighted by Gasteiger charge is 2.05. The smallest absolute Gasteiger partial charge is 0.342 e. The highest BCUT2D eigenvalue weighted by atomic mass is 32.1. The van der Waals surface area contributed by atoms with Crippen LogP contribution < -0.4 is 0 Å². The Balaban J connectivity index is 3.79. The molecule has 50 valence electrons. The average molecular weight is 162 g/mol. The van der Waals surface area contributed by atoms with Gasteiger partial charge in [0.15, 0.2) is 0 Å². The maximum absolute atomic E-state index is 10.0. The first kappa shape index (κ1) is 8.65. The van der Waals surface area contributed by atoms with E-state index in [0.29, 0.717) is 4.86 Å². The molecular formula is C5H6O2S2. The minimum Gasteiger partial charge on any atom is -0.477 e. The van der Waals surface area contributed by atoms with Crippen LogP contribution in [0.15, 0.2) is 0 Å². The maximum Gasteiger partial charge on any atom is 0.342 e. The van der Waals surface area contributed by atoms with Crippen LogP contribution >= 0.6 is 24.4 Å². The average Bonchev–Trinajstić information content (AvgIpc) is 1.63. The van der Waals surface area contributed by atoms with Gasteiger partial charge in [-0.25, -0.2) is 4.79 Å². The predicted octanol–water partition coefficient (Wildman–Crippen LogP) is 1.22. The lowest BCUT2D eigenvalue weighted by Gasteiger charge is -1.92. The van der Waals surface area contributed by atoms with Gasteiger partial charge in [-0.05, 0) is 11.8 Å². The first-order chi connectivity index (χ1) is 4.04. The van der Waals surface area contributed by atoms with Crippen LogP contribution in [0.2, 0.25) is 0 Å². The Morgan fingerprint density at radius 2 is 2.00 bits per heavy atom. The summed E-state index contributed by atoms with van der Waals surface area (Å²) in [5, 5.41) is 8.23. The maximum atomic E-state index is 10.0. The molecular weight excluding hydrogens is 156 g/mol. The summed E-state index contributed by atoms with van der Waals surface area (Å²) in [6.45, 7) is 1.67. The molecule has 0 spiro atoms. The van der Waals surface area contributed by atoms with Gasteiger partial charge in [-0.2, -0.15) is 0 Å². The minimum absolute atomic E-state index is 0.0116. The SMILES string of the molecule is CC(=S)CC(=S)C(=O)O. The summed E-state index contributed by atoms with van der Waals surface area (Å²) in [4.78, 5) is 10.6. The topological polar surface area (TPSA) is 37.3 Å². The first-order valence-electron chi connectivity index (χ1n) is 2.29. The second kappa shape index (κ2) is 3.63. The quantitative estimate of drug-likeness (QED) is 0.633. The molecule has 0 aromatic carbocycles. The Bertz CT molecular complexity index is 162. The van der Waals surface area contributed by atoms with Crippen LogP contribution in [-0.4, -0.2) is 20.8 Å². The van der Waals surface area contributed by atoms with E-state index in [-0.39, 0.29) is 11.3 Å². The van der Waals surface area contributed by atoms with Gasteiger partial charge in [0.2, 0.25) is 0 Å². The van der Waals surface area contributed by atoms with Crippen molar-refractivity contribution in [2.45, 2.75) is 13.3 Å². The zero-order valence-corrected chi connectivity index (χ0v) is 6.51. The van der Waals surface area contributed by atoms with Gasteiger partial charge in [0.1, 0.15) is 4.86 Å². The third kappa shape index (κ3) is 4.17. The van der Waals surface area contributed by atoms with Crippen LogP contribution in [0.3, 0.4) is 0 Å². The van der Waals surface area contributed by atoms with Crippen molar-refractivity contribution in [1.29, 1.82) is 0 Å². The molecule has 0 aliphatic heterocycles. The minimum atomic E-state index is -1.05. The highest BCUT2D eigenvalue weighted by Crippen LogP contribution is 1.90. The Labute approximate surface area is 63.9 Å². The number of aliphatic carboxylic acids is 1. The number of hydrogen-bond acceptors (Lipinski definition) is 3. The van der Waals surface area contributed by atoms with E-state index in [1.807, 2.05) is 0 Å². The summed E-state index contributed by atoms with van der Waals surface area (Å²) < 4.78 is 0. The Hall–Kier alpha value is -0.350. The number of carboxylic acid groups (broad SMARTS) is 1. The third-order valence-corrected chi connectivity index (χ3v) is 1.11. The monoisotopic (exact) mass is 162 g/mol. The van der Waals surface area contributed by atoms with E-state index in [1.54, 1.807) is 6.92 Å². The van der Waals surface area contributed by atoms with E-state index in [9.17, 15) is 4.79 Å². The highest BCUT2D eigenvalue weighted by molar-refractivity contribution is 7.83. The van der Waals surface area contributed by atoms with Gasteiger partial charge in [0, 0.05) is 6.42 Å². The van der Waals surface area contributed by atoms with Gasteiger partial charge in [0.25, 0.3) is 0 Å². The van der Waals surface area contributed by atoms with Crippen LogP contribution in [0.1, 0.15) is 13.3 Å². The fourth-order valence-corrected chi connectivity index (χ4v) is 0.754. The molecule has 1 N–H and O–H groups in total. The summed E-state index contributed by atoms with van der Waals surface area (Å²) >= 11 is 9.11. The molecule has 4 heteroatoms. The fraction of sp³-hybridized carbons (Fsp3) is 0.400. The largest absolute Gasteiger partial charge is 0.477 e. The fourth-order valence-electron chi connectivity index (χ4n) is 0.302. The van der Waals surface area contributed by atoms with Crippen LogP contribution in [0.25, 0.3) is 0 Å². The molecule has 9 heavy (non-hydrogen) atoms. The lowest BCUT2D eigenvalue weighted by atomic mass is 10.2. The van der Waals surface area contributed by atoms with Crippen molar-refractivity contribution in [2.24, 2.45) is 0 Å². The molecule has 0 rings (SSSR count). The van der Waals surface area contributed by atoms with Crippen LogP contribution in [0.5, 0.6) is 0 Å². The lowest BCUT2D eigenvalue weighted by molar-refractivity contribution is -0.129. The van der Waals surface area contributed by atoms with Crippen molar-refractivity contribution in [3.8, 4) is 0 Å². The van der Waals surface area contributed by atoms with Gasteiger partial charge >= 0.3 is 5.97 Å². The van der Waals surface area contributed by atoms with Crippen LogP contribution in [0.4, 0.5) is 0 Å². The summed E-state index contributed by atoms with van der Waals surface area (Å²) in [5.41, 5.74) is 0. The number of rotatable bonds is 3. The zero-order valence-electron chi connectivity index (χ0n) is 4.88. The second-order valence-corrected chi connectivity index (χ2v) is 2.80. The molecule has 0 aromatic rings. The summed E-state index contributed by atoms with van der Waals surface area (Å²) in [5.74, 6) is -1.05. The van der Waals surface area contributed by atoms with E-state index in [4.69, 9.17) is 5.11 Å². The Morgan fingerprint density at radius 1 is 1.56 bits per heavy atom. The van der Waals surface area contributed by atoms with Crippen molar-refractivity contribution >= 4 is 40.1 Å². The normalized spacial score (nSPS) is 8.56. The van der Waals surface area contributed by atoms with Gasteiger partial charge in [-0.1, -0.05) is 24.4 Å². The van der Waals surface area contributed by atoms with Gasteiger partial charge in [-0.15, -0.1) is 0 Å². The van der Waals surface area contributed by atoms with E-state index < -0.39 is 5.97 Å². The molecule has 0 saturated carbocycles. The van der Waals surface area contributed by atoms with Gasteiger partial charge in [0.05, 0.1) is 0 Å². The Kier molecular flexibility index (Phi) is 3.49. The van der Waals surface area contributed by atoms with Crippen molar-refractivity contribution < 1.29 is 9.90 Å². The molecule has 0 atom stereocenters. The van der Waals surface area contributed by atoms with E-state index in [0.717, 1.165) is 0 Å². The summed E-state index contributed by atoms with van der Waals surface area (Å²) in [6, 6.07) is 0. The number of carbonyl (C=O) groups is 1. The zero-order chi connectivity index (χ0) is 7.44. The third-order valence-electron chi connectivity index (χ3n) is 0.648. The predicted molar refractivity (Wildman–Crippen MR) is 43.1 cm³/mol. The van der Waals surface area contributed by atoms with Crippen molar-refractivity contribution in [3.05, 3.63) is 0 Å². The van der Waals surface area contributed by atoms with Gasteiger partial charge in [-0.3, -0.25) is 0 Å². The molecule has 0 unspecified atom stereocenters. The second-order valence-electron chi connectivity index (χ2n) is 1.61. The molecule has 0 bridgehead atoms. The summed E-state index contributed by atoms with van der Waals surface area (Å²) in [6.07, 6.45) is 0.236. The van der Waals surface area contributed by atoms with E-state index in [1.165, 1.54) is 0 Å². The molecule has 2 nitrogen and oxygen atoms in total. The number of thiocarbonyl (C=S) groups is 2.